The Morgan fingerprint density at radius 2 is 2.08 bits per heavy atom. The minimum atomic E-state index is 0.286. The normalized spacial score (nSPS) is 21.2. The van der Waals surface area contributed by atoms with E-state index in [0.717, 1.165) is 42.8 Å². The summed E-state index contributed by atoms with van der Waals surface area (Å²) < 4.78 is 16.5. The molecule has 2 aliphatic heterocycles. The van der Waals surface area contributed by atoms with E-state index in [0.29, 0.717) is 12.0 Å². The van der Waals surface area contributed by atoms with Crippen LogP contribution in [0.1, 0.15) is 32.1 Å². The Kier molecular flexibility index (Phi) is 4.59. The van der Waals surface area contributed by atoms with E-state index in [4.69, 9.17) is 14.2 Å². The quantitative estimate of drug-likeness (QED) is 0.516. The van der Waals surface area contributed by atoms with Gasteiger partial charge in [0.15, 0.2) is 17.5 Å². The summed E-state index contributed by atoms with van der Waals surface area (Å²) in [5.74, 6) is 3.33. The second-order valence-electron chi connectivity index (χ2n) is 7.22. The van der Waals surface area contributed by atoms with E-state index in [9.17, 15) is 0 Å². The highest BCUT2D eigenvalue weighted by Crippen LogP contribution is 2.45. The maximum atomic E-state index is 5.81. The van der Waals surface area contributed by atoms with Gasteiger partial charge in [-0.05, 0) is 36.8 Å². The molecule has 0 atom stereocenters. The largest absolute Gasteiger partial charge is 0.492 e. The summed E-state index contributed by atoms with van der Waals surface area (Å²) in [5.41, 5.74) is 0.556. The molecule has 136 valence electrons. The summed E-state index contributed by atoms with van der Waals surface area (Å²) in [6, 6.07) is 5.67. The average molecular weight is 345 g/mol. The van der Waals surface area contributed by atoms with Gasteiger partial charge in [0.2, 0.25) is 6.79 Å². The molecule has 0 amide bonds. The molecule has 2 heterocycles. The minimum Gasteiger partial charge on any atom is -0.492 e. The predicted octanol–water partition coefficient (Wildman–Crippen LogP) is 2.64. The number of aliphatic imine (C=N–C) groups is 1. The molecule has 0 bridgehead atoms. The number of likely N-dealkylation sites (tertiary alicyclic amines) is 1. The van der Waals surface area contributed by atoms with Crippen molar-refractivity contribution in [1.82, 2.24) is 10.2 Å². The highest BCUT2D eigenvalue weighted by atomic mass is 16.7. The fourth-order valence-corrected chi connectivity index (χ4v) is 4.28. The molecule has 1 N–H and O–H groups in total. The number of guanidine groups is 1. The van der Waals surface area contributed by atoms with E-state index in [1.54, 1.807) is 0 Å². The molecule has 1 saturated carbocycles. The number of fused-ring (bicyclic) bond motifs is 1. The average Bonchev–Trinajstić information content (AvgIpc) is 3.37. The molecular formula is C19H27N3O3. The monoisotopic (exact) mass is 345 g/mol. The molecule has 1 aromatic rings. The van der Waals surface area contributed by atoms with E-state index in [2.05, 4.69) is 15.2 Å². The summed E-state index contributed by atoms with van der Waals surface area (Å²) in [7, 11) is 1.86. The Morgan fingerprint density at radius 3 is 2.92 bits per heavy atom. The van der Waals surface area contributed by atoms with Crippen molar-refractivity contribution in [3.05, 3.63) is 18.2 Å². The summed E-state index contributed by atoms with van der Waals surface area (Å²) in [5, 5.41) is 3.44. The van der Waals surface area contributed by atoms with Crippen LogP contribution in [0.25, 0.3) is 0 Å². The van der Waals surface area contributed by atoms with Crippen LogP contribution in [0.2, 0.25) is 0 Å². The van der Waals surface area contributed by atoms with Crippen molar-refractivity contribution in [3.63, 3.8) is 0 Å². The lowest BCUT2D eigenvalue weighted by Crippen LogP contribution is -2.42. The molecule has 6 heteroatoms. The van der Waals surface area contributed by atoms with Crippen LogP contribution < -0.4 is 19.5 Å². The van der Waals surface area contributed by atoms with Crippen molar-refractivity contribution >= 4 is 5.96 Å². The van der Waals surface area contributed by atoms with Crippen LogP contribution in [0.15, 0.2) is 23.2 Å². The smallest absolute Gasteiger partial charge is 0.231 e. The molecule has 4 rings (SSSR count). The van der Waals surface area contributed by atoms with Gasteiger partial charge >= 0.3 is 0 Å². The van der Waals surface area contributed by atoms with Crippen LogP contribution >= 0.6 is 0 Å². The number of benzene rings is 1. The molecule has 0 aromatic heterocycles. The van der Waals surface area contributed by atoms with Gasteiger partial charge in [0.1, 0.15) is 12.4 Å². The van der Waals surface area contributed by atoms with Gasteiger partial charge in [-0.1, -0.05) is 12.8 Å². The van der Waals surface area contributed by atoms with Gasteiger partial charge in [0, 0.05) is 26.2 Å². The Balaban J connectivity index is 1.23. The van der Waals surface area contributed by atoms with E-state index in [-0.39, 0.29) is 6.79 Å². The molecule has 0 unspecified atom stereocenters. The van der Waals surface area contributed by atoms with E-state index < -0.39 is 0 Å². The second kappa shape index (κ2) is 7.02. The fourth-order valence-electron chi connectivity index (χ4n) is 4.28. The van der Waals surface area contributed by atoms with E-state index >= 15 is 0 Å². The summed E-state index contributed by atoms with van der Waals surface area (Å²) >= 11 is 0. The zero-order chi connectivity index (χ0) is 17.1. The van der Waals surface area contributed by atoms with Crippen LogP contribution in [0.4, 0.5) is 0 Å². The molecule has 6 nitrogen and oxygen atoms in total. The highest BCUT2D eigenvalue weighted by molar-refractivity contribution is 5.80. The first kappa shape index (κ1) is 16.4. The van der Waals surface area contributed by atoms with Crippen LogP contribution in [-0.4, -0.2) is 50.9 Å². The number of rotatable bonds is 4. The third kappa shape index (κ3) is 3.48. The molecule has 1 aliphatic carbocycles. The third-order valence-electron chi connectivity index (χ3n) is 5.61. The van der Waals surface area contributed by atoms with Crippen LogP contribution in [-0.2, 0) is 0 Å². The number of nitrogens with zero attached hydrogens (tertiary/aromatic N) is 2. The van der Waals surface area contributed by atoms with Gasteiger partial charge in [-0.2, -0.15) is 0 Å². The Morgan fingerprint density at radius 1 is 1.24 bits per heavy atom. The summed E-state index contributed by atoms with van der Waals surface area (Å²) in [4.78, 5) is 6.86. The fraction of sp³-hybridized carbons (Fsp3) is 0.632. The Labute approximate surface area is 149 Å². The number of hydrogen-bond donors (Lipinski definition) is 1. The minimum absolute atomic E-state index is 0.286. The second-order valence-corrected chi connectivity index (χ2v) is 7.22. The molecule has 2 fully saturated rings. The number of hydrogen-bond acceptors (Lipinski definition) is 4. The maximum Gasteiger partial charge on any atom is 0.231 e. The van der Waals surface area contributed by atoms with Crippen molar-refractivity contribution in [2.24, 2.45) is 10.4 Å². The van der Waals surface area contributed by atoms with Crippen molar-refractivity contribution < 1.29 is 14.2 Å². The van der Waals surface area contributed by atoms with Gasteiger partial charge < -0.3 is 24.4 Å². The summed E-state index contributed by atoms with van der Waals surface area (Å²) in [6.07, 6.45) is 6.86. The molecule has 0 radical (unpaired) electrons. The zero-order valence-electron chi connectivity index (χ0n) is 14.9. The van der Waals surface area contributed by atoms with Crippen molar-refractivity contribution in [1.29, 1.82) is 0 Å². The van der Waals surface area contributed by atoms with Crippen molar-refractivity contribution in [3.8, 4) is 17.2 Å². The number of ether oxygens (including phenoxy) is 3. The van der Waals surface area contributed by atoms with Crippen molar-refractivity contribution in [2.75, 3.05) is 40.1 Å². The highest BCUT2D eigenvalue weighted by Gasteiger charge is 2.40. The lowest BCUT2D eigenvalue weighted by atomic mass is 9.86. The van der Waals surface area contributed by atoms with Crippen molar-refractivity contribution in [2.45, 2.75) is 32.1 Å². The lowest BCUT2D eigenvalue weighted by molar-refractivity contribution is 0.173. The van der Waals surface area contributed by atoms with Crippen LogP contribution in [0, 0.1) is 5.41 Å². The van der Waals surface area contributed by atoms with Gasteiger partial charge in [0.25, 0.3) is 0 Å². The molecule has 3 aliphatic rings. The molecular weight excluding hydrogens is 318 g/mol. The molecule has 1 aromatic carbocycles. The molecule has 1 spiro atoms. The van der Waals surface area contributed by atoms with Gasteiger partial charge in [-0.3, -0.25) is 4.99 Å². The molecule has 25 heavy (non-hydrogen) atoms. The first-order valence-corrected chi connectivity index (χ1v) is 9.26. The maximum absolute atomic E-state index is 5.81. The Hall–Kier alpha value is -2.11. The van der Waals surface area contributed by atoms with E-state index in [1.165, 1.54) is 32.1 Å². The van der Waals surface area contributed by atoms with Crippen LogP contribution in [0.3, 0.4) is 0 Å². The van der Waals surface area contributed by atoms with E-state index in [1.807, 2.05) is 25.2 Å². The summed E-state index contributed by atoms with van der Waals surface area (Å²) in [6.45, 7) is 3.86. The van der Waals surface area contributed by atoms with Gasteiger partial charge in [-0.15, -0.1) is 0 Å². The third-order valence-corrected chi connectivity index (χ3v) is 5.61. The topological polar surface area (TPSA) is 55.3 Å². The SMILES string of the molecule is CN=C(NCCOc1ccc2c(c1)OCO2)N1CCC2(CCCC2)C1. The standard InChI is InChI=1S/C19H27N3O3/c1-20-18(22-10-8-19(13-22)6-2-3-7-19)21-9-11-23-15-4-5-16-17(12-15)25-14-24-16/h4-5,12H,2-3,6-11,13-14H2,1H3,(H,20,21). The van der Waals surface area contributed by atoms with Gasteiger partial charge in [-0.25, -0.2) is 0 Å². The van der Waals surface area contributed by atoms with Crippen LogP contribution in [0.5, 0.6) is 17.2 Å². The first-order valence-electron chi connectivity index (χ1n) is 9.26. The number of nitrogens with one attached hydrogen (secondary N) is 1. The Bertz CT molecular complexity index is 641. The molecule has 1 saturated heterocycles. The lowest BCUT2D eigenvalue weighted by Gasteiger charge is -2.25. The predicted molar refractivity (Wildman–Crippen MR) is 96.5 cm³/mol. The van der Waals surface area contributed by atoms with Gasteiger partial charge in [0.05, 0.1) is 6.54 Å². The zero-order valence-corrected chi connectivity index (χ0v) is 14.9. The first-order chi connectivity index (χ1) is 12.3.